The normalized spacial score (nSPS) is 28.9. The van der Waals surface area contributed by atoms with Gasteiger partial charge in [-0.3, -0.25) is 0 Å². The number of ether oxygens (including phenoxy) is 1. The molecular weight excluding hydrogens is 162 g/mol. The Bertz CT molecular complexity index is 257. The van der Waals surface area contributed by atoms with Gasteiger partial charge in [-0.2, -0.15) is 4.99 Å². The van der Waals surface area contributed by atoms with Gasteiger partial charge in [-0.15, -0.1) is 4.99 Å². The number of likely N-dealkylation sites (N-methyl/N-ethyl adjacent to an activating group) is 1. The number of hydrogen-bond acceptors (Lipinski definition) is 4. The van der Waals surface area contributed by atoms with Gasteiger partial charge >= 0.3 is 6.03 Å². The van der Waals surface area contributed by atoms with Crippen LogP contribution in [0.3, 0.4) is 0 Å². The highest BCUT2D eigenvalue weighted by molar-refractivity contribution is 5.98. The molecule has 12 heavy (non-hydrogen) atoms. The molecule has 1 aliphatic rings. The Labute approximate surface area is 69.3 Å². The molecule has 0 aromatic heterocycles. The molecule has 6 nitrogen and oxygen atoms in total. The monoisotopic (exact) mass is 171 g/mol. The highest BCUT2D eigenvalue weighted by Crippen LogP contribution is 2.09. The molecule has 0 radical (unpaired) electrons. The summed E-state index contributed by atoms with van der Waals surface area (Å²) in [6.07, 6.45) is 1.06. The van der Waals surface area contributed by atoms with Crippen molar-refractivity contribution in [1.29, 1.82) is 0 Å². The summed E-state index contributed by atoms with van der Waals surface area (Å²) in [7, 11) is 2.61. The summed E-state index contributed by atoms with van der Waals surface area (Å²) in [5, 5.41) is 11.4. The number of quaternary nitrogens is 1. The third kappa shape index (κ3) is 1.40. The van der Waals surface area contributed by atoms with E-state index >= 15 is 0 Å². The number of amides is 2. The standard InChI is InChI=1S/C6H9N3O3/c1-9(11)5(3-12-2)7-4-8-6(9)10/h4H,3H2,1-2H3. The first-order valence-electron chi connectivity index (χ1n) is 3.30. The molecule has 0 aromatic carbocycles. The third-order valence-corrected chi connectivity index (χ3v) is 1.51. The lowest BCUT2D eigenvalue weighted by molar-refractivity contribution is -0.677. The van der Waals surface area contributed by atoms with Crippen molar-refractivity contribution in [1.82, 2.24) is 0 Å². The van der Waals surface area contributed by atoms with E-state index in [1.807, 2.05) is 0 Å². The fourth-order valence-corrected chi connectivity index (χ4v) is 0.765. The first-order chi connectivity index (χ1) is 5.59. The summed E-state index contributed by atoms with van der Waals surface area (Å²) >= 11 is 0. The van der Waals surface area contributed by atoms with Gasteiger partial charge in [0, 0.05) is 7.11 Å². The lowest BCUT2D eigenvalue weighted by Crippen LogP contribution is -2.50. The number of rotatable bonds is 2. The summed E-state index contributed by atoms with van der Waals surface area (Å²) in [6.45, 7) is 0.0394. The zero-order chi connectivity index (χ0) is 9.19. The van der Waals surface area contributed by atoms with E-state index in [9.17, 15) is 10.0 Å². The molecule has 1 heterocycles. The van der Waals surface area contributed by atoms with Crippen molar-refractivity contribution < 1.29 is 14.2 Å². The molecule has 0 N–H and O–H groups in total. The smallest absolute Gasteiger partial charge is 0.450 e. The fourth-order valence-electron chi connectivity index (χ4n) is 0.765. The molecule has 0 aliphatic carbocycles. The number of hydroxylamine groups is 3. The van der Waals surface area contributed by atoms with Crippen molar-refractivity contribution >= 4 is 18.2 Å². The molecule has 1 unspecified atom stereocenters. The maximum atomic E-state index is 11.4. The highest BCUT2D eigenvalue weighted by atomic mass is 16.6. The Morgan fingerprint density at radius 3 is 3.00 bits per heavy atom. The number of hydrogen-bond donors (Lipinski definition) is 0. The number of urea groups is 1. The van der Waals surface area contributed by atoms with E-state index in [-0.39, 0.29) is 12.4 Å². The maximum absolute atomic E-state index is 11.4. The molecule has 0 spiro atoms. The molecule has 6 heteroatoms. The second-order valence-electron chi connectivity index (χ2n) is 2.43. The topological polar surface area (TPSA) is 74.1 Å². The molecule has 0 fully saturated rings. The van der Waals surface area contributed by atoms with Crippen LogP contribution in [-0.4, -0.2) is 43.6 Å². The van der Waals surface area contributed by atoms with E-state index in [0.29, 0.717) is 0 Å². The van der Waals surface area contributed by atoms with Crippen molar-refractivity contribution in [3.63, 3.8) is 0 Å². The molecular formula is C6H9N3O3. The molecule has 0 saturated carbocycles. The van der Waals surface area contributed by atoms with Gasteiger partial charge in [0.1, 0.15) is 12.9 Å². The molecule has 0 saturated heterocycles. The maximum Gasteiger partial charge on any atom is 0.450 e. The van der Waals surface area contributed by atoms with Gasteiger partial charge in [-0.1, -0.05) is 0 Å². The number of aliphatic imine (C=N–C) groups is 2. The molecule has 0 bridgehead atoms. The van der Waals surface area contributed by atoms with E-state index in [2.05, 4.69) is 9.98 Å². The van der Waals surface area contributed by atoms with Gasteiger partial charge in [0.2, 0.25) is 5.84 Å². The SMILES string of the molecule is COCC1=NC=NC(=O)[N+]1(C)[O-]. The fraction of sp³-hybridized carbons (Fsp3) is 0.500. The van der Waals surface area contributed by atoms with Crippen LogP contribution < -0.4 is 0 Å². The van der Waals surface area contributed by atoms with Crippen LogP contribution in [0.4, 0.5) is 4.79 Å². The van der Waals surface area contributed by atoms with Gasteiger partial charge in [0.15, 0.2) is 0 Å². The van der Waals surface area contributed by atoms with Crippen molar-refractivity contribution in [3.05, 3.63) is 5.21 Å². The molecule has 1 atom stereocenters. The average molecular weight is 171 g/mol. The minimum atomic E-state index is -1.20. The summed E-state index contributed by atoms with van der Waals surface area (Å²) in [5.41, 5.74) is 0. The van der Waals surface area contributed by atoms with Crippen molar-refractivity contribution in [3.8, 4) is 0 Å². The Balaban J connectivity index is 2.90. The lowest BCUT2D eigenvalue weighted by Gasteiger charge is -2.33. The quantitative estimate of drug-likeness (QED) is 0.438. The van der Waals surface area contributed by atoms with E-state index in [0.717, 1.165) is 6.34 Å². The summed E-state index contributed by atoms with van der Waals surface area (Å²) in [5.74, 6) is 0.109. The third-order valence-electron chi connectivity index (χ3n) is 1.51. The summed E-state index contributed by atoms with van der Waals surface area (Å²) in [6, 6.07) is -0.781. The van der Waals surface area contributed by atoms with Crippen LogP contribution in [0.25, 0.3) is 0 Å². The van der Waals surface area contributed by atoms with Crippen molar-refractivity contribution in [2.75, 3.05) is 20.8 Å². The van der Waals surface area contributed by atoms with Gasteiger partial charge < -0.3 is 9.94 Å². The zero-order valence-corrected chi connectivity index (χ0v) is 6.85. The van der Waals surface area contributed by atoms with Crippen LogP contribution in [0, 0.1) is 5.21 Å². The largest absolute Gasteiger partial charge is 0.617 e. The van der Waals surface area contributed by atoms with Crippen LogP contribution in [0.1, 0.15) is 0 Å². The van der Waals surface area contributed by atoms with Gasteiger partial charge in [0.25, 0.3) is 0 Å². The van der Waals surface area contributed by atoms with Crippen LogP contribution in [0.5, 0.6) is 0 Å². The molecule has 0 aromatic rings. The predicted octanol–water partition coefficient (Wildman–Crippen LogP) is 0.138. The number of methoxy groups -OCH3 is 1. The van der Waals surface area contributed by atoms with Crippen LogP contribution in [0.2, 0.25) is 0 Å². The highest BCUT2D eigenvalue weighted by Gasteiger charge is 2.31. The minimum Gasteiger partial charge on any atom is -0.617 e. The van der Waals surface area contributed by atoms with Crippen LogP contribution >= 0.6 is 0 Å². The Morgan fingerprint density at radius 1 is 1.75 bits per heavy atom. The van der Waals surface area contributed by atoms with Crippen molar-refractivity contribution in [2.45, 2.75) is 0 Å². The van der Waals surface area contributed by atoms with Crippen LogP contribution in [-0.2, 0) is 4.74 Å². The van der Waals surface area contributed by atoms with Crippen LogP contribution in [0.15, 0.2) is 9.98 Å². The molecule has 66 valence electrons. The number of carbonyl (C=O) groups is 1. The Morgan fingerprint density at radius 2 is 2.42 bits per heavy atom. The number of amidine groups is 1. The lowest BCUT2D eigenvalue weighted by atomic mass is 10.5. The molecule has 1 rings (SSSR count). The van der Waals surface area contributed by atoms with E-state index in [1.165, 1.54) is 14.2 Å². The van der Waals surface area contributed by atoms with Gasteiger partial charge in [0.05, 0.1) is 7.05 Å². The Kier molecular flexibility index (Phi) is 2.32. The zero-order valence-electron chi connectivity index (χ0n) is 6.85. The first kappa shape index (κ1) is 8.98. The number of carbonyl (C=O) groups excluding carboxylic acids is 1. The summed E-state index contributed by atoms with van der Waals surface area (Å²) < 4.78 is 3.50. The van der Waals surface area contributed by atoms with Gasteiger partial charge in [-0.25, -0.2) is 9.44 Å². The van der Waals surface area contributed by atoms with Gasteiger partial charge in [-0.05, 0) is 0 Å². The van der Waals surface area contributed by atoms with E-state index in [1.54, 1.807) is 0 Å². The molecule has 1 aliphatic heterocycles. The first-order valence-corrected chi connectivity index (χ1v) is 3.30. The predicted molar refractivity (Wildman–Crippen MR) is 42.8 cm³/mol. The van der Waals surface area contributed by atoms with E-state index in [4.69, 9.17) is 4.74 Å². The molecule has 2 amide bonds. The second kappa shape index (κ2) is 3.10. The van der Waals surface area contributed by atoms with E-state index < -0.39 is 10.7 Å². The minimum absolute atomic E-state index is 0.0394. The average Bonchev–Trinajstić information content (AvgIpc) is 2.00. The van der Waals surface area contributed by atoms with Crippen molar-refractivity contribution in [2.24, 2.45) is 9.98 Å². The number of nitrogens with zero attached hydrogens (tertiary/aromatic N) is 3. The second-order valence-corrected chi connectivity index (χ2v) is 2.43. The summed E-state index contributed by atoms with van der Waals surface area (Å²) in [4.78, 5) is 17.9. The Hall–Kier alpha value is -1.11.